The number of carbonyl (C=O) groups excluding carboxylic acids is 1. The molecule has 0 aromatic heterocycles. The van der Waals surface area contributed by atoms with E-state index < -0.39 is 12.1 Å². The second-order valence-electron chi connectivity index (χ2n) is 2.48. The summed E-state index contributed by atoms with van der Waals surface area (Å²) in [6.07, 6.45) is 2.50. The van der Waals surface area contributed by atoms with E-state index in [1.165, 1.54) is 13.2 Å². The number of hydrogen-bond acceptors (Lipinski definition) is 3. The Morgan fingerprint density at radius 3 is 2.45 bits per heavy atom. The highest BCUT2D eigenvalue weighted by atomic mass is 16.5. The summed E-state index contributed by atoms with van der Waals surface area (Å²) in [4.78, 5) is 10.5. The lowest BCUT2D eigenvalue weighted by atomic mass is 10.1. The van der Waals surface area contributed by atoms with Gasteiger partial charge in [0, 0.05) is 12.0 Å². The van der Waals surface area contributed by atoms with Crippen molar-refractivity contribution in [3.63, 3.8) is 0 Å². The van der Waals surface area contributed by atoms with Gasteiger partial charge in [-0.2, -0.15) is 0 Å². The van der Waals surface area contributed by atoms with E-state index in [1.807, 2.05) is 6.92 Å². The maximum atomic E-state index is 10.5. The van der Waals surface area contributed by atoms with Gasteiger partial charge in [0.2, 0.25) is 0 Å². The lowest BCUT2D eigenvalue weighted by Gasteiger charge is -2.07. The molecule has 64 valence electrons. The third kappa shape index (κ3) is 4.56. The van der Waals surface area contributed by atoms with E-state index in [4.69, 9.17) is 5.11 Å². The number of hydrogen-bond donors (Lipinski definition) is 1. The molecule has 0 saturated heterocycles. The molecule has 0 aromatic rings. The van der Waals surface area contributed by atoms with Crippen molar-refractivity contribution in [2.45, 2.75) is 20.0 Å². The first-order valence-electron chi connectivity index (χ1n) is 3.52. The van der Waals surface area contributed by atoms with Gasteiger partial charge in [-0.1, -0.05) is 13.0 Å². The highest BCUT2D eigenvalue weighted by molar-refractivity contribution is 5.81. The molecule has 3 nitrogen and oxygen atoms in total. The fraction of sp³-hybridized carbons (Fsp3) is 0.625. The standard InChI is InChI=1S/C8H14O3/c1-6(7(2)9)4-5-8(10)11-3/h4-7,9H,1-3H3/b5-4+/t6-,7+/m0/s1. The zero-order valence-electron chi connectivity index (χ0n) is 7.07. The molecule has 0 bridgehead atoms. The van der Waals surface area contributed by atoms with Gasteiger partial charge in [0.15, 0.2) is 0 Å². The first kappa shape index (κ1) is 10.2. The van der Waals surface area contributed by atoms with Crippen molar-refractivity contribution in [2.75, 3.05) is 7.11 Å². The van der Waals surface area contributed by atoms with Gasteiger partial charge in [0.05, 0.1) is 13.2 Å². The highest BCUT2D eigenvalue weighted by Crippen LogP contribution is 2.03. The predicted octanol–water partition coefficient (Wildman–Crippen LogP) is 0.732. The molecule has 0 aliphatic carbocycles. The molecule has 0 aliphatic heterocycles. The van der Waals surface area contributed by atoms with Crippen molar-refractivity contribution in [1.29, 1.82) is 0 Å². The largest absolute Gasteiger partial charge is 0.466 e. The molecule has 0 saturated carbocycles. The molecule has 0 rings (SSSR count). The van der Waals surface area contributed by atoms with E-state index in [2.05, 4.69) is 4.74 Å². The summed E-state index contributed by atoms with van der Waals surface area (Å²) in [6.45, 7) is 3.50. The van der Waals surface area contributed by atoms with Crippen LogP contribution in [0.2, 0.25) is 0 Å². The van der Waals surface area contributed by atoms with Crippen molar-refractivity contribution >= 4 is 5.97 Å². The lowest BCUT2D eigenvalue weighted by molar-refractivity contribution is -0.134. The van der Waals surface area contributed by atoms with Crippen LogP contribution in [0, 0.1) is 5.92 Å². The maximum Gasteiger partial charge on any atom is 0.330 e. The van der Waals surface area contributed by atoms with Gasteiger partial charge in [-0.05, 0) is 6.92 Å². The molecule has 2 atom stereocenters. The van der Waals surface area contributed by atoms with Crippen LogP contribution in [-0.2, 0) is 9.53 Å². The van der Waals surface area contributed by atoms with Crippen LogP contribution in [0.5, 0.6) is 0 Å². The van der Waals surface area contributed by atoms with Gasteiger partial charge in [0.1, 0.15) is 0 Å². The van der Waals surface area contributed by atoms with Crippen molar-refractivity contribution in [1.82, 2.24) is 0 Å². The molecule has 0 amide bonds. The summed E-state index contributed by atoms with van der Waals surface area (Å²) in [5.41, 5.74) is 0. The van der Waals surface area contributed by atoms with Crippen LogP contribution in [0.3, 0.4) is 0 Å². The molecule has 0 unspecified atom stereocenters. The van der Waals surface area contributed by atoms with Gasteiger partial charge in [-0.3, -0.25) is 0 Å². The zero-order chi connectivity index (χ0) is 8.85. The molecule has 0 fully saturated rings. The van der Waals surface area contributed by atoms with Crippen LogP contribution in [0.1, 0.15) is 13.8 Å². The first-order valence-corrected chi connectivity index (χ1v) is 3.52. The van der Waals surface area contributed by atoms with Crippen LogP contribution in [0.25, 0.3) is 0 Å². The summed E-state index contributed by atoms with van der Waals surface area (Å²) in [6, 6.07) is 0. The fourth-order valence-electron chi connectivity index (χ4n) is 0.459. The molecule has 3 heteroatoms. The Kier molecular flexibility index (Phi) is 4.54. The molecule has 0 spiro atoms. The molecule has 1 N–H and O–H groups in total. The van der Waals surface area contributed by atoms with Gasteiger partial charge in [-0.15, -0.1) is 0 Å². The quantitative estimate of drug-likeness (QED) is 0.486. The van der Waals surface area contributed by atoms with E-state index in [9.17, 15) is 4.79 Å². The minimum absolute atomic E-state index is 0.0194. The molecular formula is C8H14O3. The van der Waals surface area contributed by atoms with Crippen LogP contribution in [0.15, 0.2) is 12.2 Å². The van der Waals surface area contributed by atoms with Gasteiger partial charge in [0.25, 0.3) is 0 Å². The monoisotopic (exact) mass is 158 g/mol. The highest BCUT2D eigenvalue weighted by Gasteiger charge is 2.04. The van der Waals surface area contributed by atoms with E-state index >= 15 is 0 Å². The smallest absolute Gasteiger partial charge is 0.330 e. The maximum absolute atomic E-state index is 10.5. The molecule has 0 aromatic carbocycles. The second kappa shape index (κ2) is 4.91. The minimum Gasteiger partial charge on any atom is -0.466 e. The third-order valence-corrected chi connectivity index (χ3v) is 1.50. The van der Waals surface area contributed by atoms with Crippen LogP contribution >= 0.6 is 0 Å². The van der Waals surface area contributed by atoms with Gasteiger partial charge in [-0.25, -0.2) is 4.79 Å². The van der Waals surface area contributed by atoms with Gasteiger partial charge < -0.3 is 9.84 Å². The summed E-state index contributed by atoms with van der Waals surface area (Å²) < 4.78 is 4.37. The van der Waals surface area contributed by atoms with Crippen LogP contribution < -0.4 is 0 Å². The minimum atomic E-state index is -0.434. The van der Waals surface area contributed by atoms with E-state index in [-0.39, 0.29) is 5.92 Å². The average molecular weight is 158 g/mol. The van der Waals surface area contributed by atoms with E-state index in [0.29, 0.717) is 0 Å². The molecule has 0 radical (unpaired) electrons. The Morgan fingerprint density at radius 1 is 1.55 bits per heavy atom. The van der Waals surface area contributed by atoms with E-state index in [0.717, 1.165) is 0 Å². The Balaban J connectivity index is 3.82. The van der Waals surface area contributed by atoms with Crippen molar-refractivity contribution < 1.29 is 14.6 Å². The number of carbonyl (C=O) groups is 1. The lowest BCUT2D eigenvalue weighted by Crippen LogP contribution is -2.10. The Hall–Kier alpha value is -0.830. The number of methoxy groups -OCH3 is 1. The number of aliphatic hydroxyl groups excluding tert-OH is 1. The Bertz CT molecular complexity index is 149. The van der Waals surface area contributed by atoms with Crippen LogP contribution in [0.4, 0.5) is 0 Å². The predicted molar refractivity (Wildman–Crippen MR) is 42.0 cm³/mol. The number of ether oxygens (including phenoxy) is 1. The molecular weight excluding hydrogens is 144 g/mol. The SMILES string of the molecule is COC(=O)/C=C/[C@H](C)[C@@H](C)O. The summed E-state index contributed by atoms with van der Waals surface area (Å²) in [5, 5.41) is 9.00. The Morgan fingerprint density at radius 2 is 2.09 bits per heavy atom. The summed E-state index contributed by atoms with van der Waals surface area (Å²) in [5.74, 6) is -0.411. The molecule has 0 aliphatic rings. The van der Waals surface area contributed by atoms with Crippen molar-refractivity contribution in [3.05, 3.63) is 12.2 Å². The Labute approximate surface area is 66.7 Å². The van der Waals surface area contributed by atoms with E-state index in [1.54, 1.807) is 13.0 Å². The summed E-state index contributed by atoms with van der Waals surface area (Å²) >= 11 is 0. The average Bonchev–Trinajstić information content (AvgIpc) is 1.99. The number of aliphatic hydroxyl groups is 1. The van der Waals surface area contributed by atoms with Gasteiger partial charge >= 0.3 is 5.97 Å². The topological polar surface area (TPSA) is 46.5 Å². The summed E-state index contributed by atoms with van der Waals surface area (Å²) in [7, 11) is 1.32. The first-order chi connectivity index (χ1) is 5.07. The number of rotatable bonds is 3. The normalized spacial score (nSPS) is 16.4. The van der Waals surface area contributed by atoms with Crippen molar-refractivity contribution in [3.8, 4) is 0 Å². The number of esters is 1. The molecule has 0 heterocycles. The van der Waals surface area contributed by atoms with Crippen molar-refractivity contribution in [2.24, 2.45) is 5.92 Å². The molecule has 11 heavy (non-hydrogen) atoms. The second-order valence-corrected chi connectivity index (χ2v) is 2.48. The fourth-order valence-corrected chi connectivity index (χ4v) is 0.459. The third-order valence-electron chi connectivity index (χ3n) is 1.50. The zero-order valence-corrected chi connectivity index (χ0v) is 7.07. The van der Waals surface area contributed by atoms with Crippen LogP contribution in [-0.4, -0.2) is 24.3 Å².